The van der Waals surface area contributed by atoms with Gasteiger partial charge in [0.15, 0.2) is 0 Å². The standard InChI is InChI=1S/C9H17NO4/c1-6(5-8(11)14-4)10-9(12)7(2)13-3/h6-7H,5H2,1-4H3,(H,10,12)/t6-,7-/m1/s1. The molecule has 0 radical (unpaired) electrons. The van der Waals surface area contributed by atoms with Gasteiger partial charge in [-0.05, 0) is 13.8 Å². The molecule has 0 aromatic carbocycles. The molecule has 0 spiro atoms. The second-order valence-electron chi connectivity index (χ2n) is 3.07. The van der Waals surface area contributed by atoms with Gasteiger partial charge in [-0.2, -0.15) is 0 Å². The summed E-state index contributed by atoms with van der Waals surface area (Å²) in [6.07, 6.45) is -0.339. The molecule has 0 bridgehead atoms. The highest BCUT2D eigenvalue weighted by atomic mass is 16.5. The molecule has 0 unspecified atom stereocenters. The van der Waals surface area contributed by atoms with Crippen molar-refractivity contribution in [1.82, 2.24) is 5.32 Å². The summed E-state index contributed by atoms with van der Waals surface area (Å²) in [7, 11) is 2.77. The van der Waals surface area contributed by atoms with Gasteiger partial charge in [0.1, 0.15) is 6.10 Å². The number of carbonyl (C=O) groups excluding carboxylic acids is 2. The molecule has 14 heavy (non-hydrogen) atoms. The summed E-state index contributed by atoms with van der Waals surface area (Å²) in [4.78, 5) is 22.1. The number of esters is 1. The van der Waals surface area contributed by atoms with Crippen molar-refractivity contribution < 1.29 is 19.1 Å². The maximum absolute atomic E-state index is 11.3. The maximum atomic E-state index is 11.3. The van der Waals surface area contributed by atoms with Crippen LogP contribution in [-0.4, -0.2) is 38.2 Å². The topological polar surface area (TPSA) is 64.6 Å². The lowest BCUT2D eigenvalue weighted by atomic mass is 10.2. The predicted molar refractivity (Wildman–Crippen MR) is 50.7 cm³/mol. The minimum absolute atomic E-state index is 0.165. The predicted octanol–water partition coefficient (Wildman–Crippen LogP) is 0.0891. The molecule has 82 valence electrons. The first-order valence-corrected chi connectivity index (χ1v) is 4.41. The molecule has 0 aliphatic rings. The first kappa shape index (κ1) is 12.9. The van der Waals surface area contributed by atoms with Crippen LogP contribution in [0.1, 0.15) is 20.3 Å². The molecule has 0 fully saturated rings. The molecule has 0 saturated heterocycles. The van der Waals surface area contributed by atoms with Crippen molar-refractivity contribution in [1.29, 1.82) is 0 Å². The lowest BCUT2D eigenvalue weighted by molar-refractivity contribution is -0.141. The second kappa shape index (κ2) is 6.37. The number of ether oxygens (including phenoxy) is 2. The van der Waals surface area contributed by atoms with Gasteiger partial charge in [-0.15, -0.1) is 0 Å². The molecule has 1 N–H and O–H groups in total. The average Bonchev–Trinajstić information content (AvgIpc) is 2.15. The Morgan fingerprint density at radius 2 is 1.86 bits per heavy atom. The minimum Gasteiger partial charge on any atom is -0.469 e. The van der Waals surface area contributed by atoms with E-state index in [0.29, 0.717) is 0 Å². The molecular formula is C9H17NO4. The van der Waals surface area contributed by atoms with Crippen molar-refractivity contribution in [3.63, 3.8) is 0 Å². The van der Waals surface area contributed by atoms with Gasteiger partial charge in [-0.25, -0.2) is 0 Å². The molecule has 5 heteroatoms. The Kier molecular flexibility index (Phi) is 5.87. The third kappa shape index (κ3) is 4.81. The van der Waals surface area contributed by atoms with Crippen LogP contribution in [0.4, 0.5) is 0 Å². The van der Waals surface area contributed by atoms with E-state index in [4.69, 9.17) is 4.74 Å². The van der Waals surface area contributed by atoms with Gasteiger partial charge in [-0.1, -0.05) is 0 Å². The molecule has 0 aromatic rings. The number of hydrogen-bond donors (Lipinski definition) is 1. The van der Waals surface area contributed by atoms with Crippen LogP contribution in [-0.2, 0) is 19.1 Å². The van der Waals surface area contributed by atoms with Gasteiger partial charge in [0.05, 0.1) is 13.5 Å². The van der Waals surface area contributed by atoms with Crippen molar-refractivity contribution in [2.45, 2.75) is 32.4 Å². The van der Waals surface area contributed by atoms with Crippen LogP contribution >= 0.6 is 0 Å². The lowest BCUT2D eigenvalue weighted by Gasteiger charge is -2.15. The van der Waals surface area contributed by atoms with Crippen molar-refractivity contribution >= 4 is 11.9 Å². The fraction of sp³-hybridized carbons (Fsp3) is 0.778. The summed E-state index contributed by atoms with van der Waals surface area (Å²) in [5, 5.41) is 2.63. The Bertz CT molecular complexity index is 205. The molecule has 0 aliphatic heterocycles. The Morgan fingerprint density at radius 1 is 1.29 bits per heavy atom. The summed E-state index contributed by atoms with van der Waals surface area (Å²) >= 11 is 0. The molecule has 0 aliphatic carbocycles. The number of amides is 1. The van der Waals surface area contributed by atoms with E-state index in [2.05, 4.69) is 10.1 Å². The Balaban J connectivity index is 3.88. The largest absolute Gasteiger partial charge is 0.469 e. The van der Waals surface area contributed by atoms with Crippen LogP contribution in [0.5, 0.6) is 0 Å². The highest BCUT2D eigenvalue weighted by Crippen LogP contribution is 1.95. The van der Waals surface area contributed by atoms with E-state index in [0.717, 1.165) is 0 Å². The fourth-order valence-corrected chi connectivity index (χ4v) is 0.852. The van der Waals surface area contributed by atoms with Gasteiger partial charge in [0, 0.05) is 13.2 Å². The molecular weight excluding hydrogens is 186 g/mol. The minimum atomic E-state index is -0.505. The highest BCUT2D eigenvalue weighted by Gasteiger charge is 2.16. The summed E-state index contributed by atoms with van der Waals surface area (Å²) in [5.41, 5.74) is 0. The number of hydrogen-bond acceptors (Lipinski definition) is 4. The Hall–Kier alpha value is -1.10. The number of carbonyl (C=O) groups is 2. The van der Waals surface area contributed by atoms with Crippen LogP contribution in [0.15, 0.2) is 0 Å². The van der Waals surface area contributed by atoms with Gasteiger partial charge in [0.2, 0.25) is 5.91 Å². The number of nitrogens with one attached hydrogen (secondary N) is 1. The normalized spacial score (nSPS) is 14.3. The molecule has 0 saturated carbocycles. The average molecular weight is 203 g/mol. The maximum Gasteiger partial charge on any atom is 0.307 e. The monoisotopic (exact) mass is 203 g/mol. The number of rotatable bonds is 5. The van der Waals surface area contributed by atoms with Crippen molar-refractivity contribution in [2.24, 2.45) is 0 Å². The summed E-state index contributed by atoms with van der Waals surface area (Å²) in [6, 6.07) is -0.243. The van der Waals surface area contributed by atoms with E-state index in [1.807, 2.05) is 0 Å². The zero-order valence-corrected chi connectivity index (χ0v) is 8.99. The van der Waals surface area contributed by atoms with E-state index in [1.165, 1.54) is 14.2 Å². The van der Waals surface area contributed by atoms with E-state index >= 15 is 0 Å². The van der Waals surface area contributed by atoms with Gasteiger partial charge in [0.25, 0.3) is 0 Å². The zero-order chi connectivity index (χ0) is 11.1. The van der Waals surface area contributed by atoms with Crippen molar-refractivity contribution in [3.05, 3.63) is 0 Å². The highest BCUT2D eigenvalue weighted by molar-refractivity contribution is 5.81. The molecule has 0 rings (SSSR count). The fourth-order valence-electron chi connectivity index (χ4n) is 0.852. The SMILES string of the molecule is COC(=O)C[C@@H](C)NC(=O)[C@@H](C)OC. The van der Waals surface area contributed by atoms with E-state index in [-0.39, 0.29) is 24.3 Å². The Morgan fingerprint density at radius 3 is 2.29 bits per heavy atom. The summed E-state index contributed by atoms with van der Waals surface area (Å²) in [6.45, 7) is 3.37. The van der Waals surface area contributed by atoms with Crippen LogP contribution in [0.25, 0.3) is 0 Å². The molecule has 0 heterocycles. The second-order valence-corrected chi connectivity index (χ2v) is 3.07. The first-order chi connectivity index (χ1) is 6.51. The van der Waals surface area contributed by atoms with Crippen LogP contribution in [0.3, 0.4) is 0 Å². The molecule has 2 atom stereocenters. The van der Waals surface area contributed by atoms with Gasteiger partial charge < -0.3 is 14.8 Å². The third-order valence-electron chi connectivity index (χ3n) is 1.81. The molecule has 5 nitrogen and oxygen atoms in total. The van der Waals surface area contributed by atoms with E-state index in [9.17, 15) is 9.59 Å². The summed E-state index contributed by atoms with van der Waals surface area (Å²) < 4.78 is 9.28. The van der Waals surface area contributed by atoms with Crippen molar-refractivity contribution in [2.75, 3.05) is 14.2 Å². The van der Waals surface area contributed by atoms with Gasteiger partial charge in [-0.3, -0.25) is 9.59 Å². The lowest BCUT2D eigenvalue weighted by Crippen LogP contribution is -2.40. The number of methoxy groups -OCH3 is 2. The smallest absolute Gasteiger partial charge is 0.307 e. The van der Waals surface area contributed by atoms with E-state index < -0.39 is 6.10 Å². The van der Waals surface area contributed by atoms with Gasteiger partial charge >= 0.3 is 5.97 Å². The molecule has 1 amide bonds. The first-order valence-electron chi connectivity index (χ1n) is 4.41. The quantitative estimate of drug-likeness (QED) is 0.643. The zero-order valence-electron chi connectivity index (χ0n) is 8.99. The Labute approximate surface area is 83.8 Å². The molecule has 0 aromatic heterocycles. The van der Waals surface area contributed by atoms with Crippen LogP contribution in [0.2, 0.25) is 0 Å². The van der Waals surface area contributed by atoms with Crippen LogP contribution < -0.4 is 5.32 Å². The summed E-state index contributed by atoms with van der Waals surface area (Å²) in [5.74, 6) is -0.577. The van der Waals surface area contributed by atoms with Crippen LogP contribution in [0, 0.1) is 0 Å². The third-order valence-corrected chi connectivity index (χ3v) is 1.81. The van der Waals surface area contributed by atoms with Crippen molar-refractivity contribution in [3.8, 4) is 0 Å². The van der Waals surface area contributed by atoms with E-state index in [1.54, 1.807) is 13.8 Å².